The van der Waals surface area contributed by atoms with Gasteiger partial charge in [0.1, 0.15) is 0 Å². The molecule has 0 saturated carbocycles. The molecule has 0 bridgehead atoms. The van der Waals surface area contributed by atoms with Gasteiger partial charge in [-0.25, -0.2) is 18.1 Å². The van der Waals surface area contributed by atoms with Crippen LogP contribution in [-0.4, -0.2) is 24.3 Å². The number of nitrogens with one attached hydrogen (secondary N) is 2. The van der Waals surface area contributed by atoms with E-state index in [1.165, 1.54) is 15.7 Å². The van der Waals surface area contributed by atoms with Crippen LogP contribution >= 0.6 is 35.3 Å². The minimum absolute atomic E-state index is 0. The molecule has 2 aromatic heterocycles. The number of sulfonamides is 1. The smallest absolute Gasteiger partial charge is 0.260 e. The zero-order chi connectivity index (χ0) is 15.3. The normalized spacial score (nSPS) is 16.8. The Morgan fingerprint density at radius 3 is 3.00 bits per heavy atom. The fourth-order valence-electron chi connectivity index (χ4n) is 2.61. The molecule has 10 heteroatoms. The number of halogens is 2. The molecule has 6 nitrogen and oxygen atoms in total. The molecule has 23 heavy (non-hydrogen) atoms. The second-order valence-electron chi connectivity index (χ2n) is 4.91. The van der Waals surface area contributed by atoms with E-state index < -0.39 is 10.0 Å². The maximum Gasteiger partial charge on any atom is 0.260 e. The van der Waals surface area contributed by atoms with E-state index in [0.717, 1.165) is 11.3 Å². The molecular formula is C13H12Cl2N4O2S2. The Balaban J connectivity index is 0.00000156. The summed E-state index contributed by atoms with van der Waals surface area (Å²) in [4.78, 5) is 4.62. The topological polar surface area (TPSA) is 75.5 Å². The largest absolute Gasteiger partial charge is 0.383 e. The molecular weight excluding hydrogens is 379 g/mol. The monoisotopic (exact) mass is 390 g/mol. The Labute approximate surface area is 148 Å². The third-order valence-corrected chi connectivity index (χ3v) is 6.19. The van der Waals surface area contributed by atoms with Crippen molar-refractivity contribution in [2.75, 3.05) is 11.9 Å². The van der Waals surface area contributed by atoms with Crippen molar-refractivity contribution >= 4 is 56.0 Å². The Morgan fingerprint density at radius 1 is 1.39 bits per heavy atom. The SMILES string of the molecule is Cl.O=S(=O)(NC1CNc2ccccc21)c1c(Cl)nc2sccn12. The van der Waals surface area contributed by atoms with Crippen LogP contribution in [0.25, 0.3) is 4.96 Å². The second kappa shape index (κ2) is 5.95. The van der Waals surface area contributed by atoms with Gasteiger partial charge in [-0.1, -0.05) is 29.8 Å². The summed E-state index contributed by atoms with van der Waals surface area (Å²) in [5.41, 5.74) is 1.86. The zero-order valence-electron chi connectivity index (χ0n) is 11.6. The van der Waals surface area contributed by atoms with Crippen molar-refractivity contribution in [1.82, 2.24) is 14.1 Å². The van der Waals surface area contributed by atoms with Crippen molar-refractivity contribution in [3.63, 3.8) is 0 Å². The van der Waals surface area contributed by atoms with Gasteiger partial charge in [-0.3, -0.25) is 4.40 Å². The summed E-state index contributed by atoms with van der Waals surface area (Å²) < 4.78 is 29.6. The number of hydrogen-bond acceptors (Lipinski definition) is 5. The fraction of sp³-hybridized carbons (Fsp3) is 0.154. The van der Waals surface area contributed by atoms with E-state index >= 15 is 0 Å². The molecule has 1 aliphatic rings. The number of nitrogens with zero attached hydrogens (tertiary/aromatic N) is 2. The molecule has 0 amide bonds. The fourth-order valence-corrected chi connectivity index (χ4v) is 5.28. The van der Waals surface area contributed by atoms with Crippen molar-refractivity contribution in [2.45, 2.75) is 11.1 Å². The highest BCUT2D eigenvalue weighted by Gasteiger charge is 2.31. The van der Waals surface area contributed by atoms with Crippen molar-refractivity contribution in [1.29, 1.82) is 0 Å². The van der Waals surface area contributed by atoms with Gasteiger partial charge in [0.2, 0.25) is 0 Å². The summed E-state index contributed by atoms with van der Waals surface area (Å²) in [6.07, 6.45) is 1.65. The van der Waals surface area contributed by atoms with Crippen molar-refractivity contribution in [2.24, 2.45) is 0 Å². The van der Waals surface area contributed by atoms with Crippen molar-refractivity contribution in [3.05, 3.63) is 46.6 Å². The van der Waals surface area contributed by atoms with E-state index in [0.29, 0.717) is 11.5 Å². The van der Waals surface area contributed by atoms with Crippen LogP contribution in [0.5, 0.6) is 0 Å². The number of imidazole rings is 1. The minimum atomic E-state index is -3.79. The first-order valence-corrected chi connectivity index (χ1v) is 9.26. The quantitative estimate of drug-likeness (QED) is 0.720. The molecule has 4 rings (SSSR count). The number of hydrogen-bond donors (Lipinski definition) is 2. The Bertz CT molecular complexity index is 967. The van der Waals surface area contributed by atoms with E-state index in [4.69, 9.17) is 11.6 Å². The number of para-hydroxylation sites is 1. The van der Waals surface area contributed by atoms with Crippen LogP contribution in [0.15, 0.2) is 40.9 Å². The third-order valence-electron chi connectivity index (χ3n) is 3.56. The number of rotatable bonds is 3. The lowest BCUT2D eigenvalue weighted by molar-refractivity contribution is 0.562. The third kappa shape index (κ3) is 2.70. The molecule has 3 heterocycles. The van der Waals surface area contributed by atoms with Gasteiger partial charge < -0.3 is 5.32 Å². The van der Waals surface area contributed by atoms with E-state index in [1.807, 2.05) is 24.3 Å². The lowest BCUT2D eigenvalue weighted by atomic mass is 10.1. The molecule has 0 saturated heterocycles. The molecule has 0 radical (unpaired) electrons. The van der Waals surface area contributed by atoms with Gasteiger partial charge in [0.25, 0.3) is 10.0 Å². The van der Waals surface area contributed by atoms with Gasteiger partial charge in [0.05, 0.1) is 6.04 Å². The first-order valence-electron chi connectivity index (χ1n) is 6.52. The summed E-state index contributed by atoms with van der Waals surface area (Å²) in [5, 5.41) is 4.92. The van der Waals surface area contributed by atoms with Crippen molar-refractivity contribution < 1.29 is 8.42 Å². The summed E-state index contributed by atoms with van der Waals surface area (Å²) in [5.74, 6) is 0. The van der Waals surface area contributed by atoms with Gasteiger partial charge >= 0.3 is 0 Å². The summed E-state index contributed by atoms with van der Waals surface area (Å²) >= 11 is 7.35. The van der Waals surface area contributed by atoms with Crippen LogP contribution < -0.4 is 10.0 Å². The molecule has 2 N–H and O–H groups in total. The minimum Gasteiger partial charge on any atom is -0.383 e. The Hall–Kier alpha value is -1.32. The highest BCUT2D eigenvalue weighted by atomic mass is 35.5. The first kappa shape index (κ1) is 16.5. The maximum atomic E-state index is 12.7. The van der Waals surface area contributed by atoms with E-state index in [2.05, 4.69) is 15.0 Å². The van der Waals surface area contributed by atoms with Crippen LogP contribution in [0.3, 0.4) is 0 Å². The highest BCUT2D eigenvalue weighted by molar-refractivity contribution is 7.89. The van der Waals surface area contributed by atoms with Crippen LogP contribution in [0.4, 0.5) is 5.69 Å². The lowest BCUT2D eigenvalue weighted by Crippen LogP contribution is -2.30. The molecule has 0 spiro atoms. The van der Waals surface area contributed by atoms with Crippen LogP contribution in [-0.2, 0) is 10.0 Å². The summed E-state index contributed by atoms with van der Waals surface area (Å²) in [6, 6.07) is 7.29. The maximum absolute atomic E-state index is 12.7. The van der Waals surface area contributed by atoms with Crippen molar-refractivity contribution in [3.8, 4) is 0 Å². The van der Waals surface area contributed by atoms with E-state index in [-0.39, 0.29) is 28.6 Å². The zero-order valence-corrected chi connectivity index (χ0v) is 14.8. The highest BCUT2D eigenvalue weighted by Crippen LogP contribution is 2.32. The molecule has 1 atom stereocenters. The lowest BCUT2D eigenvalue weighted by Gasteiger charge is -2.13. The average molecular weight is 391 g/mol. The van der Waals surface area contributed by atoms with Crippen LogP contribution in [0.1, 0.15) is 11.6 Å². The summed E-state index contributed by atoms with van der Waals surface area (Å²) in [7, 11) is -3.79. The van der Waals surface area contributed by atoms with Gasteiger partial charge in [-0.05, 0) is 11.6 Å². The molecule has 3 aromatic rings. The van der Waals surface area contributed by atoms with Gasteiger partial charge in [-0.15, -0.1) is 23.7 Å². The molecule has 1 aliphatic heterocycles. The molecule has 1 aromatic carbocycles. The predicted octanol–water partition coefficient (Wildman–Crippen LogP) is 2.92. The van der Waals surface area contributed by atoms with Crippen LogP contribution in [0.2, 0.25) is 5.15 Å². The number of fused-ring (bicyclic) bond motifs is 2. The standard InChI is InChI=1S/C13H11ClN4O2S2.ClH/c14-11-12(18-5-6-21-13(18)16-11)22(19,20)17-10-7-15-9-4-2-1-3-8(9)10;/h1-6,10,15,17H,7H2;1H. The van der Waals surface area contributed by atoms with Gasteiger partial charge in [0, 0.05) is 23.8 Å². The molecule has 122 valence electrons. The van der Waals surface area contributed by atoms with Gasteiger partial charge in [0.15, 0.2) is 15.1 Å². The van der Waals surface area contributed by atoms with E-state index in [9.17, 15) is 8.42 Å². The van der Waals surface area contributed by atoms with Gasteiger partial charge in [-0.2, -0.15) is 0 Å². The number of benzene rings is 1. The predicted molar refractivity (Wildman–Crippen MR) is 93.3 cm³/mol. The molecule has 0 aliphatic carbocycles. The Kier molecular flexibility index (Phi) is 4.28. The Morgan fingerprint density at radius 2 is 2.17 bits per heavy atom. The average Bonchev–Trinajstić information content (AvgIpc) is 3.13. The molecule has 0 fully saturated rings. The molecule has 1 unspecified atom stereocenters. The summed E-state index contributed by atoms with van der Waals surface area (Å²) in [6.45, 7) is 0.502. The number of aromatic nitrogens is 2. The number of thiazole rings is 1. The first-order chi connectivity index (χ1) is 10.6. The second-order valence-corrected chi connectivity index (χ2v) is 7.77. The number of anilines is 1. The van der Waals surface area contributed by atoms with E-state index in [1.54, 1.807) is 11.6 Å². The van der Waals surface area contributed by atoms with Crippen LogP contribution in [0, 0.1) is 0 Å².